The van der Waals surface area contributed by atoms with Crippen molar-refractivity contribution in [3.05, 3.63) is 0 Å². The van der Waals surface area contributed by atoms with E-state index in [1.807, 2.05) is 0 Å². The fourth-order valence-electron chi connectivity index (χ4n) is 0.215. The minimum absolute atomic E-state index is 0. The second kappa shape index (κ2) is 6.37. The molecule has 0 spiro atoms. The smallest absolute Gasteiger partial charge is 1.00 e. The van der Waals surface area contributed by atoms with E-state index >= 15 is 0 Å². The summed E-state index contributed by atoms with van der Waals surface area (Å²) in [5, 5.41) is 0. The summed E-state index contributed by atoms with van der Waals surface area (Å²) >= 11 is 0. The Morgan fingerprint density at radius 2 is 2.09 bits per heavy atom. The zero-order valence-electron chi connectivity index (χ0n) is 7.77. The minimum Gasteiger partial charge on any atom is -1.00 e. The second-order valence-electron chi connectivity index (χ2n) is 1.51. The maximum atomic E-state index is 10.2. The maximum Gasteiger partial charge on any atom is 2.00 e. The van der Waals surface area contributed by atoms with Crippen molar-refractivity contribution in [1.29, 1.82) is 0 Å². The third-order valence-corrected chi connectivity index (χ3v) is 1.03. The van der Waals surface area contributed by atoms with Crippen molar-refractivity contribution in [3.63, 3.8) is 0 Å². The van der Waals surface area contributed by atoms with Crippen LogP contribution in [-0.2, 0) is 14.1 Å². The van der Waals surface area contributed by atoms with Crippen molar-refractivity contribution in [3.8, 4) is 0 Å². The van der Waals surface area contributed by atoms with E-state index in [0.29, 0.717) is 0 Å². The second-order valence-corrected chi connectivity index (χ2v) is 3.10. The standard InChI is InChI=1S/C3H8NO5P.Ca.2H/c4-1-3(5)9-2-10(6,7)8;;;/h1-2,4H2,(H2,6,7,8);;;/q;+2;2*-1. The summed E-state index contributed by atoms with van der Waals surface area (Å²) in [4.78, 5) is 26.5. The Morgan fingerprint density at radius 3 is 2.36 bits per heavy atom. The van der Waals surface area contributed by atoms with Crippen molar-refractivity contribution >= 4 is 51.3 Å². The number of rotatable bonds is 3. The van der Waals surface area contributed by atoms with Gasteiger partial charge in [-0.05, 0) is 0 Å². The summed E-state index contributed by atoms with van der Waals surface area (Å²) in [6, 6.07) is 0. The molecule has 6 nitrogen and oxygen atoms in total. The summed E-state index contributed by atoms with van der Waals surface area (Å²) in [7, 11) is -4.23. The quantitative estimate of drug-likeness (QED) is 0.297. The molecule has 0 aromatic heterocycles. The Balaban J connectivity index is -0.000000135. The predicted octanol–water partition coefficient (Wildman–Crippen LogP) is -1.53. The summed E-state index contributed by atoms with van der Waals surface area (Å²) in [6.07, 6.45) is -0.900. The summed E-state index contributed by atoms with van der Waals surface area (Å²) in [5.74, 6) is -0.830. The van der Waals surface area contributed by atoms with Gasteiger partial charge in [0.15, 0.2) is 6.35 Å². The topological polar surface area (TPSA) is 110 Å². The van der Waals surface area contributed by atoms with Gasteiger partial charge in [0.25, 0.3) is 0 Å². The van der Waals surface area contributed by atoms with E-state index < -0.39 is 19.9 Å². The number of hydrogen-bond donors (Lipinski definition) is 3. The van der Waals surface area contributed by atoms with Crippen LogP contribution in [-0.4, -0.2) is 66.4 Å². The predicted molar refractivity (Wildman–Crippen MR) is 40.0 cm³/mol. The van der Waals surface area contributed by atoms with Crippen molar-refractivity contribution in [1.82, 2.24) is 0 Å². The molecule has 0 bridgehead atoms. The summed E-state index contributed by atoms with van der Waals surface area (Å²) < 4.78 is 14.1. The fraction of sp³-hybridized carbons (Fsp3) is 0.667. The van der Waals surface area contributed by atoms with Crippen LogP contribution in [0.25, 0.3) is 0 Å². The number of ether oxygens (including phenoxy) is 1. The van der Waals surface area contributed by atoms with Gasteiger partial charge in [-0.25, -0.2) is 0 Å². The molecule has 0 aliphatic rings. The molecule has 11 heavy (non-hydrogen) atoms. The van der Waals surface area contributed by atoms with Crippen LogP contribution in [0.3, 0.4) is 0 Å². The summed E-state index contributed by atoms with van der Waals surface area (Å²) in [5.41, 5.74) is 4.77. The molecule has 0 unspecified atom stereocenters. The van der Waals surface area contributed by atoms with E-state index in [0.717, 1.165) is 0 Å². The molecule has 0 heterocycles. The first-order valence-electron chi connectivity index (χ1n) is 2.36. The third-order valence-electron chi connectivity index (χ3n) is 0.560. The number of carbonyl (C=O) groups is 1. The van der Waals surface area contributed by atoms with E-state index in [1.54, 1.807) is 0 Å². The van der Waals surface area contributed by atoms with Crippen LogP contribution in [0, 0.1) is 0 Å². The molecule has 0 radical (unpaired) electrons. The first-order valence-corrected chi connectivity index (χ1v) is 4.16. The Kier molecular flexibility index (Phi) is 8.32. The van der Waals surface area contributed by atoms with Crippen molar-refractivity contribution < 1.29 is 26.7 Å². The SMILES string of the molecule is NCC(=O)OCP(=O)(O)O.[Ca+2].[H-].[H-]. The van der Waals surface area contributed by atoms with Crippen molar-refractivity contribution in [2.24, 2.45) is 5.73 Å². The van der Waals surface area contributed by atoms with Crippen LogP contribution in [0.15, 0.2) is 0 Å². The van der Waals surface area contributed by atoms with Gasteiger partial charge in [-0.1, -0.05) is 0 Å². The van der Waals surface area contributed by atoms with Gasteiger partial charge in [-0.3, -0.25) is 9.36 Å². The maximum absolute atomic E-state index is 10.2. The molecule has 64 valence electrons. The van der Waals surface area contributed by atoms with Gasteiger partial charge in [0.05, 0.1) is 6.54 Å². The monoisotopic (exact) mass is 211 g/mol. The molecule has 0 aliphatic carbocycles. The summed E-state index contributed by atoms with van der Waals surface area (Å²) in [6.45, 7) is -0.375. The normalized spacial score (nSPS) is 10.1. The van der Waals surface area contributed by atoms with Crippen LogP contribution in [0.5, 0.6) is 0 Å². The average Bonchev–Trinajstić information content (AvgIpc) is 1.81. The molecule has 0 aromatic carbocycles. The van der Waals surface area contributed by atoms with Gasteiger partial charge >= 0.3 is 51.3 Å². The zero-order valence-corrected chi connectivity index (χ0v) is 8.87. The van der Waals surface area contributed by atoms with Gasteiger partial charge in [0.1, 0.15) is 0 Å². The van der Waals surface area contributed by atoms with E-state index in [2.05, 4.69) is 4.74 Å². The van der Waals surface area contributed by atoms with Gasteiger partial charge in [0, 0.05) is 0 Å². The molecular weight excluding hydrogens is 201 g/mol. The first kappa shape index (κ1) is 14.4. The molecule has 0 saturated carbocycles. The van der Waals surface area contributed by atoms with Crippen LogP contribution in [0.2, 0.25) is 0 Å². The molecular formula is C3H10CaNO5P. The molecule has 0 atom stereocenters. The van der Waals surface area contributed by atoms with Gasteiger partial charge in [0.2, 0.25) is 0 Å². The van der Waals surface area contributed by atoms with Crippen LogP contribution in [0.4, 0.5) is 0 Å². The average molecular weight is 211 g/mol. The zero-order chi connectivity index (χ0) is 8.20. The molecule has 0 rings (SSSR count). The van der Waals surface area contributed by atoms with Crippen molar-refractivity contribution in [2.75, 3.05) is 12.9 Å². The number of nitrogens with two attached hydrogens (primary N) is 1. The van der Waals surface area contributed by atoms with E-state index in [4.69, 9.17) is 15.5 Å². The van der Waals surface area contributed by atoms with Crippen molar-refractivity contribution in [2.45, 2.75) is 0 Å². The Bertz CT molecular complexity index is 175. The molecule has 0 aromatic rings. The van der Waals surface area contributed by atoms with E-state index in [-0.39, 0.29) is 47.1 Å². The third kappa shape index (κ3) is 10.8. The Hall–Kier alpha value is 0.840. The molecule has 0 fully saturated rings. The van der Waals surface area contributed by atoms with Crippen LogP contribution in [0.1, 0.15) is 2.85 Å². The van der Waals surface area contributed by atoms with Crippen LogP contribution < -0.4 is 5.73 Å². The molecule has 0 saturated heterocycles. The fourth-order valence-corrected chi connectivity index (χ4v) is 0.527. The molecule has 0 amide bonds. The largest absolute Gasteiger partial charge is 2.00 e. The molecule has 8 heteroatoms. The Morgan fingerprint density at radius 1 is 1.64 bits per heavy atom. The number of esters is 1. The minimum atomic E-state index is -4.23. The Labute approximate surface area is 96.2 Å². The molecule has 4 N–H and O–H groups in total. The van der Waals surface area contributed by atoms with E-state index in [1.165, 1.54) is 0 Å². The van der Waals surface area contributed by atoms with Gasteiger partial charge < -0.3 is 23.1 Å². The molecule has 0 aliphatic heterocycles. The van der Waals surface area contributed by atoms with E-state index in [9.17, 15) is 9.36 Å². The number of hydrogen-bond acceptors (Lipinski definition) is 4. The van der Waals surface area contributed by atoms with Gasteiger partial charge in [-0.15, -0.1) is 0 Å². The van der Waals surface area contributed by atoms with Gasteiger partial charge in [-0.2, -0.15) is 0 Å². The first-order chi connectivity index (χ1) is 4.45. The number of carbonyl (C=O) groups excluding carboxylic acids is 1. The van der Waals surface area contributed by atoms with Crippen LogP contribution >= 0.6 is 7.60 Å².